The van der Waals surface area contributed by atoms with Gasteiger partial charge in [0.2, 0.25) is 0 Å². The van der Waals surface area contributed by atoms with E-state index in [-0.39, 0.29) is 5.41 Å². The second-order valence-electron chi connectivity index (χ2n) is 16.4. The lowest BCUT2D eigenvalue weighted by Gasteiger charge is -2.30. The van der Waals surface area contributed by atoms with Crippen LogP contribution in [0, 0.1) is 0 Å². The molecule has 0 radical (unpaired) electrons. The highest BCUT2D eigenvalue weighted by atomic mass is 16.3. The van der Waals surface area contributed by atoms with Crippen LogP contribution >= 0.6 is 0 Å². The van der Waals surface area contributed by atoms with Gasteiger partial charge in [0.1, 0.15) is 11.2 Å². The third-order valence-electron chi connectivity index (χ3n) is 12.9. The minimum atomic E-state index is -0.141. The number of hydrogen-bond acceptors (Lipinski definition) is 2. The molecule has 0 unspecified atom stereocenters. The predicted molar refractivity (Wildman–Crippen MR) is 249 cm³/mol. The lowest BCUT2D eigenvalue weighted by Crippen LogP contribution is -2.16. The van der Waals surface area contributed by atoms with Crippen molar-refractivity contribution in [1.82, 2.24) is 0 Å². The topological polar surface area (TPSA) is 16.4 Å². The van der Waals surface area contributed by atoms with Gasteiger partial charge in [-0.2, -0.15) is 0 Å². The fourth-order valence-corrected chi connectivity index (χ4v) is 10.0. The zero-order valence-corrected chi connectivity index (χ0v) is 32.9. The van der Waals surface area contributed by atoms with Gasteiger partial charge in [0.05, 0.1) is 5.69 Å². The van der Waals surface area contributed by atoms with Gasteiger partial charge in [-0.1, -0.05) is 166 Å². The van der Waals surface area contributed by atoms with Crippen LogP contribution in [0.4, 0.5) is 17.1 Å². The Bertz CT molecular complexity index is 3460. The van der Waals surface area contributed by atoms with Crippen LogP contribution < -0.4 is 4.90 Å². The predicted octanol–water partition coefficient (Wildman–Crippen LogP) is 16.2. The van der Waals surface area contributed by atoms with Crippen molar-refractivity contribution < 1.29 is 4.42 Å². The first-order valence-electron chi connectivity index (χ1n) is 20.5. The fraction of sp³-hybridized carbons (Fsp3) is 0.0526. The van der Waals surface area contributed by atoms with E-state index in [9.17, 15) is 0 Å². The maximum absolute atomic E-state index is 6.46. The van der Waals surface area contributed by atoms with Crippen molar-refractivity contribution >= 4 is 71.3 Å². The van der Waals surface area contributed by atoms with E-state index in [4.69, 9.17) is 4.42 Å². The molecule has 11 aromatic rings. The molecule has 59 heavy (non-hydrogen) atoms. The zero-order chi connectivity index (χ0) is 39.2. The quantitative estimate of drug-likeness (QED) is 0.163. The highest BCUT2D eigenvalue weighted by molar-refractivity contribution is 6.34. The average molecular weight is 754 g/mol. The summed E-state index contributed by atoms with van der Waals surface area (Å²) in [4.78, 5) is 2.48. The summed E-state index contributed by atoms with van der Waals surface area (Å²) in [5.41, 5.74) is 15.2. The summed E-state index contributed by atoms with van der Waals surface area (Å²) in [5.74, 6) is 0. The van der Waals surface area contributed by atoms with Crippen LogP contribution in [0.15, 0.2) is 205 Å². The number of anilines is 3. The summed E-state index contributed by atoms with van der Waals surface area (Å²) in [6, 6.07) is 73.2. The van der Waals surface area contributed by atoms with Crippen molar-refractivity contribution in [3.63, 3.8) is 0 Å². The summed E-state index contributed by atoms with van der Waals surface area (Å²) in [6.45, 7) is 4.73. The first-order chi connectivity index (χ1) is 29.0. The van der Waals surface area contributed by atoms with Gasteiger partial charge < -0.3 is 9.32 Å². The van der Waals surface area contributed by atoms with E-state index in [0.29, 0.717) is 0 Å². The van der Waals surface area contributed by atoms with E-state index in [0.717, 1.165) is 33.6 Å². The van der Waals surface area contributed by atoms with Crippen LogP contribution in [0.3, 0.4) is 0 Å². The van der Waals surface area contributed by atoms with Crippen LogP contribution in [0.2, 0.25) is 0 Å². The van der Waals surface area contributed by atoms with Crippen LogP contribution in [0.1, 0.15) is 25.0 Å². The first kappa shape index (κ1) is 33.7. The number of para-hydroxylation sites is 2. The molecule has 0 bridgehead atoms. The summed E-state index contributed by atoms with van der Waals surface area (Å²) in [5, 5.41) is 9.69. The maximum atomic E-state index is 6.46. The Balaban J connectivity index is 1.12. The van der Waals surface area contributed by atoms with Gasteiger partial charge >= 0.3 is 0 Å². The lowest BCUT2D eigenvalue weighted by molar-refractivity contribution is 0.660. The number of fused-ring (bicyclic) bond motifs is 13. The summed E-state index contributed by atoms with van der Waals surface area (Å²) in [6.07, 6.45) is 0. The van der Waals surface area contributed by atoms with Crippen LogP contribution in [-0.2, 0) is 5.41 Å². The fourth-order valence-electron chi connectivity index (χ4n) is 10.0. The van der Waals surface area contributed by atoms with Gasteiger partial charge in [-0.25, -0.2) is 0 Å². The standard InChI is InChI=1S/C57H39NO/c1-57(2)50-21-11-8-18-44(50)45-31-29-40(35-51(45)57)58(52-22-12-9-16-41(52)38-26-24-37(25-27-38)36-14-4-3-5-15-36)39-28-30-43-42-17-6-7-19-46(42)55-47(49(43)34-39)32-33-54-56(55)48-20-10-13-23-53(48)59-54/h3-35H,1-2H3. The molecule has 1 aliphatic rings. The van der Waals surface area contributed by atoms with E-state index in [2.05, 4.69) is 219 Å². The zero-order valence-electron chi connectivity index (χ0n) is 32.9. The number of benzene rings is 10. The van der Waals surface area contributed by atoms with Crippen LogP contribution in [-0.4, -0.2) is 0 Å². The number of rotatable bonds is 5. The molecule has 0 atom stereocenters. The molecule has 2 heteroatoms. The number of furan rings is 1. The Morgan fingerprint density at radius 2 is 0.932 bits per heavy atom. The monoisotopic (exact) mass is 753 g/mol. The highest BCUT2D eigenvalue weighted by Crippen LogP contribution is 2.52. The van der Waals surface area contributed by atoms with Crippen molar-refractivity contribution in [3.8, 4) is 33.4 Å². The van der Waals surface area contributed by atoms with E-state index in [1.165, 1.54) is 82.2 Å². The van der Waals surface area contributed by atoms with Gasteiger partial charge in [0.15, 0.2) is 0 Å². The molecule has 1 aliphatic carbocycles. The normalized spacial score (nSPS) is 13.1. The van der Waals surface area contributed by atoms with Crippen LogP contribution in [0.25, 0.3) is 87.6 Å². The molecule has 278 valence electrons. The Morgan fingerprint density at radius 3 is 1.78 bits per heavy atom. The first-order valence-corrected chi connectivity index (χ1v) is 20.5. The van der Waals surface area contributed by atoms with E-state index < -0.39 is 0 Å². The van der Waals surface area contributed by atoms with Gasteiger partial charge in [-0.05, 0) is 114 Å². The minimum Gasteiger partial charge on any atom is -0.456 e. The van der Waals surface area contributed by atoms with E-state index >= 15 is 0 Å². The van der Waals surface area contributed by atoms with Gasteiger partial charge in [-0.3, -0.25) is 0 Å². The number of nitrogens with zero attached hydrogens (tertiary/aromatic N) is 1. The van der Waals surface area contributed by atoms with Crippen molar-refractivity contribution in [2.75, 3.05) is 4.90 Å². The van der Waals surface area contributed by atoms with Gasteiger partial charge in [0.25, 0.3) is 0 Å². The van der Waals surface area contributed by atoms with Crippen molar-refractivity contribution in [2.24, 2.45) is 0 Å². The van der Waals surface area contributed by atoms with Crippen LogP contribution in [0.5, 0.6) is 0 Å². The molecule has 10 aromatic carbocycles. The average Bonchev–Trinajstić information content (AvgIpc) is 3.79. The Kier molecular flexibility index (Phi) is 7.31. The number of hydrogen-bond donors (Lipinski definition) is 0. The molecule has 0 N–H and O–H groups in total. The highest BCUT2D eigenvalue weighted by Gasteiger charge is 2.36. The molecular weight excluding hydrogens is 715 g/mol. The molecule has 2 nitrogen and oxygen atoms in total. The third kappa shape index (κ3) is 5.06. The Morgan fingerprint density at radius 1 is 0.356 bits per heavy atom. The molecule has 0 saturated carbocycles. The minimum absolute atomic E-state index is 0.141. The van der Waals surface area contributed by atoms with Crippen molar-refractivity contribution in [3.05, 3.63) is 211 Å². The molecular formula is C57H39NO. The lowest BCUT2D eigenvalue weighted by atomic mass is 9.82. The molecule has 0 saturated heterocycles. The second-order valence-corrected chi connectivity index (χ2v) is 16.4. The summed E-state index contributed by atoms with van der Waals surface area (Å²) < 4.78 is 6.46. The largest absolute Gasteiger partial charge is 0.456 e. The summed E-state index contributed by atoms with van der Waals surface area (Å²) >= 11 is 0. The van der Waals surface area contributed by atoms with Gasteiger partial charge in [0, 0.05) is 38.5 Å². The Hall–Kier alpha value is -7.42. The van der Waals surface area contributed by atoms with E-state index in [1.807, 2.05) is 0 Å². The smallest absolute Gasteiger partial charge is 0.136 e. The van der Waals surface area contributed by atoms with Gasteiger partial charge in [-0.15, -0.1) is 0 Å². The maximum Gasteiger partial charge on any atom is 0.136 e. The molecule has 0 amide bonds. The molecule has 1 aromatic heterocycles. The summed E-state index contributed by atoms with van der Waals surface area (Å²) in [7, 11) is 0. The molecule has 0 aliphatic heterocycles. The molecule has 12 rings (SSSR count). The Labute approximate surface area is 343 Å². The molecule has 0 spiro atoms. The second kappa shape index (κ2) is 12.8. The van der Waals surface area contributed by atoms with Crippen molar-refractivity contribution in [1.29, 1.82) is 0 Å². The van der Waals surface area contributed by atoms with Crippen molar-refractivity contribution in [2.45, 2.75) is 19.3 Å². The third-order valence-corrected chi connectivity index (χ3v) is 12.9. The molecule has 1 heterocycles. The van der Waals surface area contributed by atoms with E-state index in [1.54, 1.807) is 0 Å². The molecule has 0 fully saturated rings. The SMILES string of the molecule is CC1(C)c2ccccc2-c2ccc(N(c3ccc4c5ccccc5c5c(ccc6oc7ccccc7c65)c4c3)c3ccccc3-c3ccc(-c4ccccc4)cc3)cc21.